The average Bonchev–Trinajstić information content (AvgIpc) is 2.94. The van der Waals surface area contributed by atoms with Gasteiger partial charge in [-0.15, -0.1) is 0 Å². The summed E-state index contributed by atoms with van der Waals surface area (Å²) >= 11 is 9.52. The molecule has 152 valence electrons. The number of pyridine rings is 1. The lowest BCUT2D eigenvalue weighted by atomic mass is 10.1. The Bertz CT molecular complexity index is 1160. The molecule has 3 rings (SSSR count). The lowest BCUT2D eigenvalue weighted by Gasteiger charge is -2.21. The molecule has 0 fully saturated rings. The molecule has 0 N–H and O–H groups in total. The lowest BCUT2D eigenvalue weighted by molar-refractivity contribution is 0.0541. The van der Waals surface area contributed by atoms with Gasteiger partial charge in [0.1, 0.15) is 10.8 Å². The number of aromatic nitrogens is 2. The maximum absolute atomic E-state index is 13.1. The van der Waals surface area contributed by atoms with Crippen LogP contribution in [0, 0.1) is 0 Å². The van der Waals surface area contributed by atoms with E-state index in [9.17, 15) is 9.59 Å². The lowest BCUT2D eigenvalue weighted by Crippen LogP contribution is -2.28. The fraction of sp³-hybridized carbons (Fsp3) is 0.286. The van der Waals surface area contributed by atoms with Crippen molar-refractivity contribution < 1.29 is 19.1 Å². The summed E-state index contributed by atoms with van der Waals surface area (Å²) in [7, 11) is 0. The number of alkyl halides is 1. The van der Waals surface area contributed by atoms with Crippen molar-refractivity contribution in [3.05, 3.63) is 53.1 Å². The number of esters is 1. The minimum atomic E-state index is -0.723. The van der Waals surface area contributed by atoms with Gasteiger partial charge in [0, 0.05) is 27.7 Å². The average molecular weight is 480 g/mol. The second kappa shape index (κ2) is 7.80. The molecule has 0 spiro atoms. The predicted octanol–water partition coefficient (Wildman–Crippen LogP) is 6.21. The van der Waals surface area contributed by atoms with Gasteiger partial charge >= 0.3 is 12.1 Å². The second-order valence-electron chi connectivity index (χ2n) is 7.55. The van der Waals surface area contributed by atoms with Crippen LogP contribution in [0.4, 0.5) is 4.79 Å². The molecule has 0 atom stereocenters. The zero-order chi connectivity index (χ0) is 21.5. The highest BCUT2D eigenvalue weighted by Crippen LogP contribution is 2.35. The van der Waals surface area contributed by atoms with E-state index in [1.54, 1.807) is 46.0 Å². The van der Waals surface area contributed by atoms with Crippen LogP contribution in [0.3, 0.4) is 0 Å². The molecule has 0 radical (unpaired) electrons. The minimum absolute atomic E-state index is 0.224. The fourth-order valence-corrected chi connectivity index (χ4v) is 3.78. The van der Waals surface area contributed by atoms with Gasteiger partial charge in [0.2, 0.25) is 0 Å². The molecule has 8 heteroatoms. The number of rotatable bonds is 3. The van der Waals surface area contributed by atoms with Crippen LogP contribution >= 0.6 is 27.5 Å². The summed E-state index contributed by atoms with van der Waals surface area (Å²) in [6, 6.07) is 5.23. The van der Waals surface area contributed by atoms with Crippen LogP contribution in [0.15, 0.2) is 36.7 Å². The molecule has 0 saturated carbocycles. The maximum Gasteiger partial charge on any atom is 0.419 e. The first kappa shape index (κ1) is 21.3. The number of ether oxygens (including phenoxy) is 2. The van der Waals surface area contributed by atoms with E-state index in [1.807, 2.05) is 6.07 Å². The highest BCUT2D eigenvalue weighted by Gasteiger charge is 2.30. The van der Waals surface area contributed by atoms with E-state index in [2.05, 4.69) is 27.5 Å². The Balaban J connectivity index is 2.44. The highest BCUT2D eigenvalue weighted by molar-refractivity contribution is 9.08. The van der Waals surface area contributed by atoms with E-state index in [-0.39, 0.29) is 21.8 Å². The van der Waals surface area contributed by atoms with E-state index in [0.29, 0.717) is 22.0 Å². The summed E-state index contributed by atoms with van der Waals surface area (Å²) in [6.07, 6.45) is 1.01. The van der Waals surface area contributed by atoms with Crippen LogP contribution in [-0.4, -0.2) is 27.2 Å². The molecule has 0 aliphatic carbocycles. The summed E-state index contributed by atoms with van der Waals surface area (Å²) < 4.78 is 12.3. The molecule has 2 heterocycles. The predicted molar refractivity (Wildman–Crippen MR) is 117 cm³/mol. The Kier molecular flexibility index (Phi) is 5.74. The van der Waals surface area contributed by atoms with E-state index in [0.717, 1.165) is 5.39 Å². The monoisotopic (exact) mass is 478 g/mol. The number of carbonyl (C=O) groups excluding carboxylic acids is 2. The molecule has 6 nitrogen and oxygen atoms in total. The van der Waals surface area contributed by atoms with Gasteiger partial charge in [-0.05, 0) is 33.8 Å². The quantitative estimate of drug-likeness (QED) is 0.193. The SMILES string of the molecule is C=C(C)OC(=O)c1c(CBr)n(C(=O)OC(C)(C)C)c2c1ccc1cnc(Cl)cc12. The summed E-state index contributed by atoms with van der Waals surface area (Å²) in [5, 5.41) is 2.48. The topological polar surface area (TPSA) is 70.4 Å². The molecule has 2 aromatic heterocycles. The van der Waals surface area contributed by atoms with Crippen LogP contribution in [0.1, 0.15) is 43.7 Å². The number of nitrogens with zero attached hydrogens (tertiary/aromatic N) is 2. The summed E-state index contributed by atoms with van der Waals surface area (Å²) in [5.41, 5.74) is 0.463. The van der Waals surface area contributed by atoms with Crippen molar-refractivity contribution in [1.82, 2.24) is 9.55 Å². The molecule has 29 heavy (non-hydrogen) atoms. The number of halogens is 2. The van der Waals surface area contributed by atoms with Crippen molar-refractivity contribution in [2.24, 2.45) is 0 Å². The molecule has 1 aromatic carbocycles. The first-order valence-electron chi connectivity index (χ1n) is 8.82. The minimum Gasteiger partial charge on any atom is -0.443 e. The molecule has 0 saturated heterocycles. The van der Waals surface area contributed by atoms with E-state index < -0.39 is 17.7 Å². The van der Waals surface area contributed by atoms with Crippen LogP contribution in [0.2, 0.25) is 5.15 Å². The van der Waals surface area contributed by atoms with Crippen molar-refractivity contribution in [1.29, 1.82) is 0 Å². The molecule has 0 unspecified atom stereocenters. The zero-order valence-corrected chi connectivity index (χ0v) is 18.8. The molecule has 0 aliphatic heterocycles. The van der Waals surface area contributed by atoms with E-state index in [4.69, 9.17) is 21.1 Å². The van der Waals surface area contributed by atoms with Crippen LogP contribution in [0.5, 0.6) is 0 Å². The fourth-order valence-electron chi connectivity index (χ4n) is 3.09. The maximum atomic E-state index is 13.1. The first-order valence-corrected chi connectivity index (χ1v) is 10.3. The Morgan fingerprint density at radius 3 is 2.55 bits per heavy atom. The third-order valence-electron chi connectivity index (χ3n) is 4.07. The van der Waals surface area contributed by atoms with Crippen molar-refractivity contribution in [3.63, 3.8) is 0 Å². The van der Waals surface area contributed by atoms with Gasteiger partial charge in [-0.2, -0.15) is 0 Å². The van der Waals surface area contributed by atoms with E-state index in [1.165, 1.54) is 4.57 Å². The molecule has 0 bridgehead atoms. The van der Waals surface area contributed by atoms with Crippen molar-refractivity contribution >= 4 is 61.3 Å². The molecular weight excluding hydrogens is 460 g/mol. The third-order valence-corrected chi connectivity index (χ3v) is 4.80. The molecular formula is C21H20BrClN2O4. The van der Waals surface area contributed by atoms with Crippen LogP contribution < -0.4 is 0 Å². The van der Waals surface area contributed by atoms with Gasteiger partial charge in [0.05, 0.1) is 22.5 Å². The van der Waals surface area contributed by atoms with Gasteiger partial charge < -0.3 is 9.47 Å². The smallest absolute Gasteiger partial charge is 0.419 e. The summed E-state index contributed by atoms with van der Waals surface area (Å²) in [4.78, 5) is 30.1. The third kappa shape index (κ3) is 4.16. The molecule has 0 amide bonds. The molecule has 0 aliphatic rings. The van der Waals surface area contributed by atoms with Gasteiger partial charge in [0.15, 0.2) is 0 Å². The highest BCUT2D eigenvalue weighted by atomic mass is 79.9. The van der Waals surface area contributed by atoms with Crippen molar-refractivity contribution in [3.8, 4) is 0 Å². The summed E-state index contributed by atoms with van der Waals surface area (Å²) in [6.45, 7) is 10.5. The van der Waals surface area contributed by atoms with Crippen molar-refractivity contribution in [2.75, 3.05) is 0 Å². The Morgan fingerprint density at radius 1 is 1.28 bits per heavy atom. The van der Waals surface area contributed by atoms with Crippen LogP contribution in [-0.2, 0) is 14.8 Å². The van der Waals surface area contributed by atoms with E-state index >= 15 is 0 Å². The number of carbonyl (C=O) groups is 2. The van der Waals surface area contributed by atoms with Crippen molar-refractivity contribution in [2.45, 2.75) is 38.6 Å². The van der Waals surface area contributed by atoms with Gasteiger partial charge in [-0.3, -0.25) is 0 Å². The number of hydrogen-bond acceptors (Lipinski definition) is 5. The Hall–Kier alpha value is -2.38. The Morgan fingerprint density at radius 2 is 1.97 bits per heavy atom. The Labute approximate surface area is 181 Å². The summed E-state index contributed by atoms with van der Waals surface area (Å²) in [5.74, 6) is -0.347. The number of benzene rings is 1. The zero-order valence-electron chi connectivity index (χ0n) is 16.5. The molecule has 3 aromatic rings. The number of hydrogen-bond donors (Lipinski definition) is 0. The largest absolute Gasteiger partial charge is 0.443 e. The van der Waals surface area contributed by atoms with Gasteiger partial charge in [-0.25, -0.2) is 19.1 Å². The first-order chi connectivity index (χ1) is 13.5. The second-order valence-corrected chi connectivity index (χ2v) is 8.50. The van der Waals surface area contributed by atoms with Gasteiger partial charge in [0.25, 0.3) is 0 Å². The van der Waals surface area contributed by atoms with Crippen LogP contribution in [0.25, 0.3) is 21.7 Å². The van der Waals surface area contributed by atoms with Gasteiger partial charge in [-0.1, -0.05) is 46.2 Å². The standard InChI is InChI=1S/C21H20BrClN2O4/c1-11(2)28-19(26)17-13-7-6-12-10-24-16(23)8-14(12)18(13)25(15(17)9-22)20(27)29-21(3,4)5/h6-8,10H,1,9H2,2-5H3. The number of allylic oxidation sites excluding steroid dienone is 1. The number of fused-ring (bicyclic) bond motifs is 3. The normalized spacial score (nSPS) is 11.7.